The van der Waals surface area contributed by atoms with Gasteiger partial charge in [-0.3, -0.25) is 0 Å². The fourth-order valence-electron chi connectivity index (χ4n) is 1.59. The van der Waals surface area contributed by atoms with Crippen LogP contribution in [0.25, 0.3) is 0 Å². The van der Waals surface area contributed by atoms with E-state index in [0.717, 1.165) is 19.1 Å². The van der Waals surface area contributed by atoms with E-state index in [4.69, 9.17) is 4.74 Å². The van der Waals surface area contributed by atoms with Crippen LogP contribution in [-0.2, 0) is 4.74 Å². The summed E-state index contributed by atoms with van der Waals surface area (Å²) in [5.74, 6) is 0.832. The maximum Gasteiger partial charge on any atom is 0.0622 e. The molecular formula is C8H17NO. The van der Waals surface area contributed by atoms with Crippen molar-refractivity contribution in [2.45, 2.75) is 25.8 Å². The molecule has 2 unspecified atom stereocenters. The Hall–Kier alpha value is -0.0800. The Kier molecular flexibility index (Phi) is 3.16. The fourth-order valence-corrected chi connectivity index (χ4v) is 1.59. The molecular weight excluding hydrogens is 126 g/mol. The first kappa shape index (κ1) is 8.02. The summed E-state index contributed by atoms with van der Waals surface area (Å²) in [5, 5.41) is 3.28. The van der Waals surface area contributed by atoms with Crippen LogP contribution in [0.5, 0.6) is 0 Å². The minimum Gasteiger partial charge on any atom is -0.380 e. The third kappa shape index (κ3) is 1.70. The van der Waals surface area contributed by atoms with Gasteiger partial charge in [-0.25, -0.2) is 0 Å². The van der Waals surface area contributed by atoms with Crippen molar-refractivity contribution in [3.63, 3.8) is 0 Å². The average molecular weight is 143 g/mol. The van der Waals surface area contributed by atoms with Crippen LogP contribution in [0.15, 0.2) is 0 Å². The minimum absolute atomic E-state index is 0.596. The van der Waals surface area contributed by atoms with Crippen molar-refractivity contribution in [2.24, 2.45) is 5.92 Å². The number of ether oxygens (including phenoxy) is 1. The predicted octanol–water partition coefficient (Wildman–Crippen LogP) is 1.02. The number of rotatable bonds is 2. The van der Waals surface area contributed by atoms with E-state index in [-0.39, 0.29) is 0 Å². The summed E-state index contributed by atoms with van der Waals surface area (Å²) in [4.78, 5) is 0. The van der Waals surface area contributed by atoms with Gasteiger partial charge in [0.2, 0.25) is 0 Å². The van der Waals surface area contributed by atoms with Crippen LogP contribution in [0, 0.1) is 5.92 Å². The van der Waals surface area contributed by atoms with Crippen molar-refractivity contribution in [1.29, 1.82) is 0 Å². The van der Waals surface area contributed by atoms with Gasteiger partial charge in [0.15, 0.2) is 0 Å². The van der Waals surface area contributed by atoms with E-state index >= 15 is 0 Å². The highest BCUT2D eigenvalue weighted by Gasteiger charge is 2.21. The molecule has 1 fully saturated rings. The topological polar surface area (TPSA) is 21.3 Å². The highest BCUT2D eigenvalue weighted by atomic mass is 16.5. The first-order valence-corrected chi connectivity index (χ1v) is 4.13. The molecule has 2 heteroatoms. The van der Waals surface area contributed by atoms with Crippen LogP contribution in [-0.4, -0.2) is 26.3 Å². The monoisotopic (exact) mass is 143 g/mol. The molecule has 0 aromatic heterocycles. The summed E-state index contributed by atoms with van der Waals surface area (Å²) < 4.78 is 5.34. The van der Waals surface area contributed by atoms with Gasteiger partial charge in [-0.2, -0.15) is 0 Å². The lowest BCUT2D eigenvalue weighted by atomic mass is 9.93. The molecule has 1 heterocycles. The minimum atomic E-state index is 0.596. The summed E-state index contributed by atoms with van der Waals surface area (Å²) in [7, 11) is 2.02. The quantitative estimate of drug-likeness (QED) is 0.623. The van der Waals surface area contributed by atoms with Crippen LogP contribution in [0.1, 0.15) is 19.8 Å². The maximum absolute atomic E-state index is 5.34. The molecule has 1 aliphatic heterocycles. The van der Waals surface area contributed by atoms with Gasteiger partial charge in [-0.15, -0.1) is 0 Å². The van der Waals surface area contributed by atoms with Crippen LogP contribution in [0.4, 0.5) is 0 Å². The largest absolute Gasteiger partial charge is 0.380 e. The summed E-state index contributed by atoms with van der Waals surface area (Å²) in [5.41, 5.74) is 0. The SMILES string of the molecule is CCC1CCOCC1NC. The standard InChI is InChI=1S/C8H17NO/c1-3-7-4-5-10-6-8(7)9-2/h7-9H,3-6H2,1-2H3. The Morgan fingerprint density at radius 3 is 2.90 bits per heavy atom. The molecule has 0 aliphatic carbocycles. The van der Waals surface area contributed by atoms with E-state index in [0.29, 0.717) is 6.04 Å². The van der Waals surface area contributed by atoms with Gasteiger partial charge in [0, 0.05) is 12.6 Å². The molecule has 1 N–H and O–H groups in total. The Bertz CT molecular complexity index is 83.3. The third-order valence-corrected chi connectivity index (χ3v) is 2.39. The van der Waals surface area contributed by atoms with E-state index in [2.05, 4.69) is 12.2 Å². The zero-order chi connectivity index (χ0) is 7.40. The summed E-state index contributed by atoms with van der Waals surface area (Å²) in [6.45, 7) is 4.10. The van der Waals surface area contributed by atoms with Crippen molar-refractivity contribution >= 4 is 0 Å². The van der Waals surface area contributed by atoms with Crippen LogP contribution in [0.2, 0.25) is 0 Å². The molecule has 1 saturated heterocycles. The van der Waals surface area contributed by atoms with Crippen molar-refractivity contribution in [1.82, 2.24) is 5.32 Å². The maximum atomic E-state index is 5.34. The van der Waals surface area contributed by atoms with Crippen molar-refractivity contribution < 1.29 is 4.74 Å². The number of hydrogen-bond acceptors (Lipinski definition) is 2. The molecule has 2 atom stereocenters. The second-order valence-electron chi connectivity index (χ2n) is 2.93. The number of nitrogens with one attached hydrogen (secondary N) is 1. The van der Waals surface area contributed by atoms with Gasteiger partial charge in [0.25, 0.3) is 0 Å². The molecule has 0 spiro atoms. The van der Waals surface area contributed by atoms with Crippen LogP contribution >= 0.6 is 0 Å². The first-order chi connectivity index (χ1) is 4.88. The van der Waals surface area contributed by atoms with Crippen molar-refractivity contribution in [2.75, 3.05) is 20.3 Å². The van der Waals surface area contributed by atoms with E-state index < -0.39 is 0 Å². The van der Waals surface area contributed by atoms with Crippen LogP contribution in [0.3, 0.4) is 0 Å². The molecule has 0 radical (unpaired) electrons. The van der Waals surface area contributed by atoms with E-state index in [1.807, 2.05) is 7.05 Å². The second kappa shape index (κ2) is 3.94. The first-order valence-electron chi connectivity index (χ1n) is 4.13. The molecule has 0 saturated carbocycles. The predicted molar refractivity (Wildman–Crippen MR) is 42.1 cm³/mol. The molecule has 2 nitrogen and oxygen atoms in total. The highest BCUT2D eigenvalue weighted by molar-refractivity contribution is 4.76. The van der Waals surface area contributed by atoms with Crippen molar-refractivity contribution in [3.8, 4) is 0 Å². The molecule has 60 valence electrons. The lowest BCUT2D eigenvalue weighted by molar-refractivity contribution is 0.0375. The van der Waals surface area contributed by atoms with Gasteiger partial charge in [-0.05, 0) is 19.4 Å². The van der Waals surface area contributed by atoms with Gasteiger partial charge >= 0.3 is 0 Å². The van der Waals surface area contributed by atoms with E-state index in [1.165, 1.54) is 12.8 Å². The lowest BCUT2D eigenvalue weighted by Crippen LogP contribution is -2.41. The van der Waals surface area contributed by atoms with Gasteiger partial charge in [-0.1, -0.05) is 13.3 Å². The average Bonchev–Trinajstić information content (AvgIpc) is 2.04. The zero-order valence-corrected chi connectivity index (χ0v) is 6.89. The summed E-state index contributed by atoms with van der Waals surface area (Å²) >= 11 is 0. The van der Waals surface area contributed by atoms with Crippen molar-refractivity contribution in [3.05, 3.63) is 0 Å². The third-order valence-electron chi connectivity index (χ3n) is 2.39. The highest BCUT2D eigenvalue weighted by Crippen LogP contribution is 2.17. The number of hydrogen-bond donors (Lipinski definition) is 1. The molecule has 0 aromatic rings. The molecule has 0 aromatic carbocycles. The lowest BCUT2D eigenvalue weighted by Gasteiger charge is -2.30. The Morgan fingerprint density at radius 1 is 1.60 bits per heavy atom. The van der Waals surface area contributed by atoms with E-state index in [1.54, 1.807) is 0 Å². The van der Waals surface area contributed by atoms with E-state index in [9.17, 15) is 0 Å². The number of likely N-dealkylation sites (N-methyl/N-ethyl adjacent to an activating group) is 1. The zero-order valence-electron chi connectivity index (χ0n) is 6.89. The van der Waals surface area contributed by atoms with Gasteiger partial charge in [0.1, 0.15) is 0 Å². The van der Waals surface area contributed by atoms with Gasteiger partial charge in [0.05, 0.1) is 6.61 Å². The Balaban J connectivity index is 2.34. The van der Waals surface area contributed by atoms with Gasteiger partial charge < -0.3 is 10.1 Å². The summed E-state index contributed by atoms with van der Waals surface area (Å²) in [6, 6.07) is 0.596. The molecule has 1 rings (SSSR count). The Labute approximate surface area is 63.0 Å². The molecule has 0 bridgehead atoms. The molecule has 0 amide bonds. The smallest absolute Gasteiger partial charge is 0.0622 e. The normalized spacial score (nSPS) is 34.2. The molecule has 10 heavy (non-hydrogen) atoms. The fraction of sp³-hybridized carbons (Fsp3) is 1.00. The summed E-state index contributed by atoms with van der Waals surface area (Å²) in [6.07, 6.45) is 2.50. The van der Waals surface area contributed by atoms with Crippen LogP contribution < -0.4 is 5.32 Å². The molecule has 1 aliphatic rings. The Morgan fingerprint density at radius 2 is 2.40 bits per heavy atom. The second-order valence-corrected chi connectivity index (χ2v) is 2.93.